The van der Waals surface area contributed by atoms with Crippen LogP contribution in [0.5, 0.6) is 11.5 Å². The second kappa shape index (κ2) is 8.73. The van der Waals surface area contributed by atoms with Gasteiger partial charge in [0, 0.05) is 12.4 Å². The number of hydrogen-bond donors (Lipinski definition) is 0. The maximum Gasteiger partial charge on any atom is 0.264 e. The fourth-order valence-corrected chi connectivity index (χ4v) is 4.50. The summed E-state index contributed by atoms with van der Waals surface area (Å²) in [6, 6.07) is 13.1. The molecule has 2 aromatic heterocycles. The molecule has 0 aliphatic heterocycles. The number of ether oxygens (including phenoxy) is 2. The van der Waals surface area contributed by atoms with E-state index < -0.39 is 0 Å². The fourth-order valence-electron chi connectivity index (χ4n) is 3.39. The fraction of sp³-hybridized carbons (Fsp3) is 0.208. The first kappa shape index (κ1) is 20.8. The zero-order valence-electron chi connectivity index (χ0n) is 17.9. The Morgan fingerprint density at radius 1 is 1.06 bits per heavy atom. The molecule has 0 spiro atoms. The first-order valence-electron chi connectivity index (χ1n) is 9.81. The Bertz CT molecular complexity index is 1200. The van der Waals surface area contributed by atoms with Crippen molar-refractivity contribution < 1.29 is 14.3 Å². The van der Waals surface area contributed by atoms with Crippen molar-refractivity contribution in [2.75, 3.05) is 19.1 Å². The summed E-state index contributed by atoms with van der Waals surface area (Å²) in [7, 11) is 3.12. The highest BCUT2D eigenvalue weighted by molar-refractivity contribution is 7.22. The van der Waals surface area contributed by atoms with E-state index in [1.807, 2.05) is 19.1 Å². The van der Waals surface area contributed by atoms with Crippen molar-refractivity contribution in [2.24, 2.45) is 0 Å². The van der Waals surface area contributed by atoms with Crippen LogP contribution in [0.15, 0.2) is 54.9 Å². The van der Waals surface area contributed by atoms with Crippen LogP contribution in [0.2, 0.25) is 0 Å². The Morgan fingerprint density at radius 2 is 1.87 bits per heavy atom. The molecule has 0 aliphatic carbocycles. The van der Waals surface area contributed by atoms with Crippen LogP contribution >= 0.6 is 11.3 Å². The van der Waals surface area contributed by atoms with E-state index in [-0.39, 0.29) is 5.91 Å². The van der Waals surface area contributed by atoms with E-state index in [0.29, 0.717) is 28.7 Å². The molecule has 0 aliphatic rings. The number of pyridine rings is 1. The number of amides is 1. The molecule has 31 heavy (non-hydrogen) atoms. The van der Waals surface area contributed by atoms with Crippen molar-refractivity contribution in [3.05, 3.63) is 77.1 Å². The van der Waals surface area contributed by atoms with E-state index >= 15 is 0 Å². The predicted octanol–water partition coefficient (Wildman–Crippen LogP) is 5.17. The molecule has 7 heteroatoms. The van der Waals surface area contributed by atoms with Gasteiger partial charge in [0.25, 0.3) is 5.91 Å². The molecule has 0 atom stereocenters. The van der Waals surface area contributed by atoms with E-state index in [1.165, 1.54) is 11.3 Å². The molecular weight excluding hydrogens is 410 g/mol. The average Bonchev–Trinajstić information content (AvgIpc) is 3.26. The lowest BCUT2D eigenvalue weighted by molar-refractivity contribution is 0.0982. The van der Waals surface area contributed by atoms with E-state index in [4.69, 9.17) is 14.5 Å². The lowest BCUT2D eigenvalue weighted by Gasteiger charge is -2.21. The highest BCUT2D eigenvalue weighted by Gasteiger charge is 2.25. The van der Waals surface area contributed by atoms with Gasteiger partial charge in [0.05, 0.1) is 36.5 Å². The zero-order chi connectivity index (χ0) is 22.0. The molecule has 158 valence electrons. The maximum atomic E-state index is 13.8. The number of anilines is 1. The van der Waals surface area contributed by atoms with Gasteiger partial charge in [-0.05, 0) is 54.8 Å². The van der Waals surface area contributed by atoms with Crippen LogP contribution in [0.4, 0.5) is 5.13 Å². The van der Waals surface area contributed by atoms with Gasteiger partial charge in [0.15, 0.2) is 5.13 Å². The van der Waals surface area contributed by atoms with Crippen LogP contribution in [-0.4, -0.2) is 30.1 Å². The Kier molecular flexibility index (Phi) is 5.86. The minimum Gasteiger partial charge on any atom is -0.497 e. The molecule has 2 heterocycles. The number of carbonyl (C=O) groups excluding carboxylic acids is 1. The monoisotopic (exact) mass is 433 g/mol. The second-order valence-electron chi connectivity index (χ2n) is 7.19. The highest BCUT2D eigenvalue weighted by Crippen LogP contribution is 2.35. The van der Waals surface area contributed by atoms with Crippen molar-refractivity contribution in [2.45, 2.75) is 20.4 Å². The Morgan fingerprint density at radius 3 is 2.55 bits per heavy atom. The molecule has 0 radical (unpaired) electrons. The summed E-state index contributed by atoms with van der Waals surface area (Å²) in [5, 5.41) is 0.631. The first-order valence-corrected chi connectivity index (χ1v) is 10.6. The number of aryl methyl sites for hydroxylation is 2. The van der Waals surface area contributed by atoms with Gasteiger partial charge in [-0.25, -0.2) is 4.98 Å². The number of aromatic nitrogens is 2. The van der Waals surface area contributed by atoms with Gasteiger partial charge in [-0.3, -0.25) is 14.7 Å². The molecule has 0 fully saturated rings. The number of methoxy groups -OCH3 is 2. The normalized spacial score (nSPS) is 10.8. The highest BCUT2D eigenvalue weighted by atomic mass is 32.1. The van der Waals surface area contributed by atoms with Gasteiger partial charge < -0.3 is 9.47 Å². The van der Waals surface area contributed by atoms with Crippen LogP contribution in [0.1, 0.15) is 27.0 Å². The number of thiazole rings is 1. The summed E-state index contributed by atoms with van der Waals surface area (Å²) in [6.45, 7) is 4.43. The van der Waals surface area contributed by atoms with Crippen LogP contribution in [0, 0.1) is 13.8 Å². The third kappa shape index (κ3) is 4.09. The first-order chi connectivity index (χ1) is 15.0. The summed E-state index contributed by atoms with van der Waals surface area (Å²) in [6.07, 6.45) is 3.47. The van der Waals surface area contributed by atoms with Crippen molar-refractivity contribution in [1.29, 1.82) is 0 Å². The van der Waals surface area contributed by atoms with Crippen molar-refractivity contribution in [1.82, 2.24) is 9.97 Å². The Labute approximate surface area is 185 Å². The quantitative estimate of drug-likeness (QED) is 0.420. The lowest BCUT2D eigenvalue weighted by atomic mass is 10.1. The van der Waals surface area contributed by atoms with E-state index in [9.17, 15) is 4.79 Å². The molecule has 4 rings (SSSR count). The summed E-state index contributed by atoms with van der Waals surface area (Å²) in [4.78, 5) is 24.5. The van der Waals surface area contributed by atoms with Crippen molar-refractivity contribution in [3.8, 4) is 11.5 Å². The van der Waals surface area contributed by atoms with Crippen molar-refractivity contribution in [3.63, 3.8) is 0 Å². The van der Waals surface area contributed by atoms with Crippen LogP contribution < -0.4 is 14.4 Å². The van der Waals surface area contributed by atoms with Crippen LogP contribution in [0.25, 0.3) is 10.2 Å². The third-order valence-electron chi connectivity index (χ3n) is 5.11. The summed E-state index contributed by atoms with van der Waals surface area (Å²) in [5.74, 6) is 0.853. The molecule has 0 saturated heterocycles. The third-order valence-corrected chi connectivity index (χ3v) is 6.32. The van der Waals surface area contributed by atoms with Crippen LogP contribution in [-0.2, 0) is 6.54 Å². The molecule has 0 saturated carbocycles. The topological polar surface area (TPSA) is 64.6 Å². The number of benzene rings is 2. The average molecular weight is 434 g/mol. The van der Waals surface area contributed by atoms with Gasteiger partial charge in [-0.15, -0.1) is 0 Å². The minimum absolute atomic E-state index is 0.214. The van der Waals surface area contributed by atoms with E-state index in [2.05, 4.69) is 24.0 Å². The molecule has 6 nitrogen and oxygen atoms in total. The van der Waals surface area contributed by atoms with E-state index in [1.54, 1.807) is 49.7 Å². The van der Waals surface area contributed by atoms with Crippen LogP contribution in [0.3, 0.4) is 0 Å². The molecule has 0 bridgehead atoms. The summed E-state index contributed by atoms with van der Waals surface area (Å²) >= 11 is 1.51. The number of hydrogen-bond acceptors (Lipinski definition) is 6. The standard InChI is InChI=1S/C24H23N3O3S/c1-15-7-8-16(2)22-21(15)26-24(31-22)27(14-17-6-5-11-25-13-17)23(28)19-12-18(29-3)9-10-20(19)30-4/h5-13H,14H2,1-4H3. The lowest BCUT2D eigenvalue weighted by Crippen LogP contribution is -2.30. The zero-order valence-corrected chi connectivity index (χ0v) is 18.7. The largest absolute Gasteiger partial charge is 0.497 e. The van der Waals surface area contributed by atoms with Gasteiger partial charge >= 0.3 is 0 Å². The van der Waals surface area contributed by atoms with Gasteiger partial charge in [0.1, 0.15) is 11.5 Å². The molecule has 2 aromatic carbocycles. The minimum atomic E-state index is -0.214. The number of nitrogens with zero attached hydrogens (tertiary/aromatic N) is 3. The molecule has 4 aromatic rings. The number of carbonyl (C=O) groups is 1. The second-order valence-corrected chi connectivity index (χ2v) is 8.17. The molecular formula is C24H23N3O3S. The van der Waals surface area contributed by atoms with Gasteiger partial charge in [-0.2, -0.15) is 0 Å². The maximum absolute atomic E-state index is 13.8. The Hall–Kier alpha value is -3.45. The number of rotatable bonds is 6. The molecule has 1 amide bonds. The van der Waals surface area contributed by atoms with Crippen molar-refractivity contribution >= 4 is 32.6 Å². The predicted molar refractivity (Wildman–Crippen MR) is 123 cm³/mol. The summed E-state index contributed by atoms with van der Waals surface area (Å²) in [5.41, 5.74) is 4.46. The number of fused-ring (bicyclic) bond motifs is 1. The smallest absolute Gasteiger partial charge is 0.264 e. The summed E-state index contributed by atoms with van der Waals surface area (Å²) < 4.78 is 11.9. The Balaban J connectivity index is 1.85. The molecule has 0 unspecified atom stereocenters. The van der Waals surface area contributed by atoms with E-state index in [0.717, 1.165) is 26.9 Å². The SMILES string of the molecule is COc1ccc(OC)c(C(=O)N(Cc2cccnc2)c2nc3c(C)ccc(C)c3s2)c1. The van der Waals surface area contributed by atoms with Gasteiger partial charge in [0.2, 0.25) is 0 Å². The van der Waals surface area contributed by atoms with Gasteiger partial charge in [-0.1, -0.05) is 29.5 Å². The molecule has 0 N–H and O–H groups in total.